The van der Waals surface area contributed by atoms with E-state index in [9.17, 15) is 14.7 Å². The van der Waals surface area contributed by atoms with Gasteiger partial charge in [-0.25, -0.2) is 0 Å². The minimum atomic E-state index is -0.612. The fourth-order valence-corrected chi connectivity index (χ4v) is 5.23. The van der Waals surface area contributed by atoms with E-state index >= 15 is 0 Å². The third-order valence-electron chi connectivity index (χ3n) is 7.85. The molecule has 0 aromatic carbocycles. The van der Waals surface area contributed by atoms with Crippen LogP contribution < -0.4 is 0 Å². The van der Waals surface area contributed by atoms with Gasteiger partial charge in [0.05, 0.1) is 12.5 Å². The van der Waals surface area contributed by atoms with Crippen LogP contribution in [0.3, 0.4) is 0 Å². The van der Waals surface area contributed by atoms with E-state index in [1.807, 2.05) is 0 Å². The lowest BCUT2D eigenvalue weighted by atomic mass is 9.94. The molecular formula is C33H64O4. The monoisotopic (exact) mass is 524 g/mol. The van der Waals surface area contributed by atoms with Crippen LogP contribution in [-0.2, 0) is 14.3 Å². The molecule has 1 N–H and O–H groups in total. The van der Waals surface area contributed by atoms with Gasteiger partial charge < -0.3 is 9.84 Å². The van der Waals surface area contributed by atoms with E-state index in [2.05, 4.69) is 20.8 Å². The number of rotatable bonds is 29. The van der Waals surface area contributed by atoms with Gasteiger partial charge in [-0.1, -0.05) is 143 Å². The first-order valence-electron chi connectivity index (χ1n) is 16.4. The Morgan fingerprint density at radius 3 is 1.46 bits per heavy atom. The van der Waals surface area contributed by atoms with Crippen LogP contribution in [0.15, 0.2) is 0 Å². The molecule has 0 bridgehead atoms. The summed E-state index contributed by atoms with van der Waals surface area (Å²) < 4.78 is 5.63. The van der Waals surface area contributed by atoms with Gasteiger partial charge in [-0.3, -0.25) is 9.59 Å². The van der Waals surface area contributed by atoms with E-state index < -0.39 is 5.97 Å². The van der Waals surface area contributed by atoms with Gasteiger partial charge in [0, 0.05) is 6.42 Å². The summed E-state index contributed by atoms with van der Waals surface area (Å²) in [4.78, 5) is 23.8. The largest absolute Gasteiger partial charge is 0.481 e. The highest BCUT2D eigenvalue weighted by atomic mass is 16.5. The average molecular weight is 525 g/mol. The Bertz CT molecular complexity index is 505. The Hall–Kier alpha value is -1.06. The lowest BCUT2D eigenvalue weighted by molar-refractivity contribution is -0.145. The molecule has 37 heavy (non-hydrogen) atoms. The first kappa shape index (κ1) is 35.9. The van der Waals surface area contributed by atoms with Crippen molar-refractivity contribution >= 4 is 11.9 Å². The van der Waals surface area contributed by atoms with Crippen LogP contribution in [0.2, 0.25) is 0 Å². The minimum absolute atomic E-state index is 0.0275. The molecule has 0 aromatic rings. The van der Waals surface area contributed by atoms with Crippen molar-refractivity contribution in [2.75, 3.05) is 6.61 Å². The summed E-state index contributed by atoms with van der Waals surface area (Å²) in [6.45, 7) is 7.31. The fourth-order valence-electron chi connectivity index (χ4n) is 5.23. The zero-order valence-electron chi connectivity index (χ0n) is 25.2. The molecule has 2 atom stereocenters. The van der Waals surface area contributed by atoms with E-state index in [0.29, 0.717) is 18.9 Å². The quantitative estimate of drug-likeness (QED) is 0.0780. The maximum Gasteiger partial charge on any atom is 0.306 e. The molecule has 2 unspecified atom stereocenters. The third-order valence-corrected chi connectivity index (χ3v) is 7.85. The molecule has 0 rings (SSSR count). The minimum Gasteiger partial charge on any atom is -0.481 e. The van der Waals surface area contributed by atoms with Crippen molar-refractivity contribution in [3.05, 3.63) is 0 Å². The van der Waals surface area contributed by atoms with E-state index in [-0.39, 0.29) is 11.9 Å². The molecule has 4 nitrogen and oxygen atoms in total. The standard InChI is InChI=1S/C33H64O4/c1-4-7-10-12-13-14-17-21-26-31(33(35)36)27-22-18-15-16-19-23-28-32(34)37-29-30(24-9-6-3)25-20-11-8-5-2/h30-31H,4-29H2,1-3H3,(H,35,36). The molecule has 0 aliphatic carbocycles. The summed E-state index contributed by atoms with van der Waals surface area (Å²) in [5.41, 5.74) is 0. The highest BCUT2D eigenvalue weighted by Gasteiger charge is 2.16. The number of hydrogen-bond acceptors (Lipinski definition) is 3. The van der Waals surface area contributed by atoms with Gasteiger partial charge >= 0.3 is 11.9 Å². The highest BCUT2D eigenvalue weighted by Crippen LogP contribution is 2.21. The van der Waals surface area contributed by atoms with Crippen LogP contribution >= 0.6 is 0 Å². The Kier molecular flexibility index (Phi) is 27.2. The Balaban J connectivity index is 3.77. The number of aliphatic carboxylic acids is 1. The lowest BCUT2D eigenvalue weighted by Gasteiger charge is -2.16. The van der Waals surface area contributed by atoms with Crippen LogP contribution in [0, 0.1) is 11.8 Å². The lowest BCUT2D eigenvalue weighted by Crippen LogP contribution is -2.14. The van der Waals surface area contributed by atoms with Crippen LogP contribution in [0.4, 0.5) is 0 Å². The van der Waals surface area contributed by atoms with Gasteiger partial charge in [-0.05, 0) is 38.0 Å². The number of carboxylic acid groups (broad SMARTS) is 1. The molecule has 0 heterocycles. The normalized spacial score (nSPS) is 12.9. The fraction of sp³-hybridized carbons (Fsp3) is 0.939. The van der Waals surface area contributed by atoms with Crippen molar-refractivity contribution in [1.29, 1.82) is 0 Å². The Morgan fingerprint density at radius 2 is 0.946 bits per heavy atom. The molecule has 0 aliphatic heterocycles. The van der Waals surface area contributed by atoms with E-state index in [0.717, 1.165) is 57.8 Å². The topological polar surface area (TPSA) is 63.6 Å². The van der Waals surface area contributed by atoms with E-state index in [1.54, 1.807) is 0 Å². The predicted octanol–water partition coefficient (Wildman–Crippen LogP) is 10.7. The average Bonchev–Trinajstić information content (AvgIpc) is 2.89. The molecule has 0 amide bonds. The van der Waals surface area contributed by atoms with E-state index in [1.165, 1.54) is 96.3 Å². The maximum atomic E-state index is 12.2. The van der Waals surface area contributed by atoms with Gasteiger partial charge in [-0.2, -0.15) is 0 Å². The SMILES string of the molecule is CCCCCCCCCCC(CCCCCCCCC(=O)OCC(CCCC)CCCCCC)C(=O)O. The van der Waals surface area contributed by atoms with Gasteiger partial charge in [0.15, 0.2) is 0 Å². The molecule has 0 fully saturated rings. The second-order valence-corrected chi connectivity index (χ2v) is 11.5. The van der Waals surface area contributed by atoms with Crippen molar-refractivity contribution < 1.29 is 19.4 Å². The molecule has 0 aliphatic rings. The maximum absolute atomic E-state index is 12.2. The highest BCUT2D eigenvalue weighted by molar-refractivity contribution is 5.70. The van der Waals surface area contributed by atoms with Gasteiger partial charge in [0.2, 0.25) is 0 Å². The number of hydrogen-bond donors (Lipinski definition) is 1. The van der Waals surface area contributed by atoms with Crippen molar-refractivity contribution in [3.63, 3.8) is 0 Å². The molecular weight excluding hydrogens is 460 g/mol. The first-order chi connectivity index (χ1) is 18.0. The molecule has 4 heteroatoms. The second kappa shape index (κ2) is 28.0. The van der Waals surface area contributed by atoms with Crippen molar-refractivity contribution in [1.82, 2.24) is 0 Å². The molecule has 0 spiro atoms. The summed E-state index contributed by atoms with van der Waals surface area (Å²) in [5, 5.41) is 9.54. The summed E-state index contributed by atoms with van der Waals surface area (Å²) in [5.74, 6) is -0.270. The summed E-state index contributed by atoms with van der Waals surface area (Å²) in [6.07, 6.45) is 28.5. The summed E-state index contributed by atoms with van der Waals surface area (Å²) >= 11 is 0. The van der Waals surface area contributed by atoms with Gasteiger partial charge in [0.25, 0.3) is 0 Å². The molecule has 220 valence electrons. The molecule has 0 saturated carbocycles. The van der Waals surface area contributed by atoms with Crippen LogP contribution in [0.1, 0.15) is 181 Å². The van der Waals surface area contributed by atoms with E-state index in [4.69, 9.17) is 4.74 Å². The summed E-state index contributed by atoms with van der Waals surface area (Å²) in [7, 11) is 0. The zero-order chi connectivity index (χ0) is 27.4. The zero-order valence-corrected chi connectivity index (χ0v) is 25.2. The summed E-state index contributed by atoms with van der Waals surface area (Å²) in [6, 6.07) is 0. The van der Waals surface area contributed by atoms with Crippen molar-refractivity contribution in [2.45, 2.75) is 181 Å². The Morgan fingerprint density at radius 1 is 0.541 bits per heavy atom. The number of carbonyl (C=O) groups excluding carboxylic acids is 1. The van der Waals surface area contributed by atoms with Crippen LogP contribution in [0.25, 0.3) is 0 Å². The smallest absolute Gasteiger partial charge is 0.306 e. The number of ether oxygens (including phenoxy) is 1. The first-order valence-corrected chi connectivity index (χ1v) is 16.4. The van der Waals surface area contributed by atoms with Crippen molar-refractivity contribution in [2.24, 2.45) is 11.8 Å². The van der Waals surface area contributed by atoms with Crippen LogP contribution in [-0.4, -0.2) is 23.7 Å². The molecule has 0 saturated heterocycles. The molecule has 0 aromatic heterocycles. The Labute approximate surface area is 231 Å². The van der Waals surface area contributed by atoms with Gasteiger partial charge in [0.1, 0.15) is 0 Å². The third kappa shape index (κ3) is 25.0. The predicted molar refractivity (Wildman–Crippen MR) is 158 cm³/mol. The van der Waals surface area contributed by atoms with Crippen molar-refractivity contribution in [3.8, 4) is 0 Å². The number of carbonyl (C=O) groups is 2. The van der Waals surface area contributed by atoms with Gasteiger partial charge in [-0.15, -0.1) is 0 Å². The number of carboxylic acids is 1. The number of unbranched alkanes of at least 4 members (excludes halogenated alkanes) is 16. The second-order valence-electron chi connectivity index (χ2n) is 11.5. The molecule has 0 radical (unpaired) electrons. The van der Waals surface area contributed by atoms with Crippen LogP contribution in [0.5, 0.6) is 0 Å². The number of esters is 1.